The molecule has 3 aliphatic heterocycles. The van der Waals surface area contributed by atoms with Gasteiger partial charge in [0, 0.05) is 82.1 Å². The number of hydrogen-bond donors (Lipinski definition) is 3. The molecular weight excluding hydrogens is 562 g/mol. The van der Waals surface area contributed by atoms with Crippen molar-refractivity contribution in [2.24, 2.45) is 5.73 Å². The number of nitrogens with zero attached hydrogens (tertiary/aromatic N) is 6. The van der Waals surface area contributed by atoms with Gasteiger partial charge in [0.1, 0.15) is 5.69 Å². The Morgan fingerprint density at radius 2 is 1.79 bits per heavy atom. The summed E-state index contributed by atoms with van der Waals surface area (Å²) in [5.74, 6) is 0.325. The fourth-order valence-corrected chi connectivity index (χ4v) is 6.98. The molecule has 1 amide bonds. The number of aryl methyl sites for hydroxylation is 1. The number of rotatable bonds is 9. The van der Waals surface area contributed by atoms with Crippen molar-refractivity contribution in [2.45, 2.75) is 51.1 Å². The molecule has 0 radical (unpaired) electrons. The first-order chi connectivity index (χ1) is 21.0. The molecule has 3 aromatic rings. The number of aromatic nitrogens is 3. The van der Waals surface area contributed by atoms with E-state index in [2.05, 4.69) is 61.9 Å². The number of benzene rings is 1. The monoisotopic (exact) mass is 605 g/mol. The van der Waals surface area contributed by atoms with Crippen LogP contribution in [0, 0.1) is 0 Å². The summed E-state index contributed by atoms with van der Waals surface area (Å²) in [7, 11) is 2.22. The van der Waals surface area contributed by atoms with Gasteiger partial charge in [-0.25, -0.2) is 14.3 Å². The average Bonchev–Trinajstić information content (AvgIpc) is 3.57. The van der Waals surface area contributed by atoms with E-state index in [9.17, 15) is 4.79 Å². The number of carbonyl (C=O) groups is 1. The number of likely N-dealkylation sites (N-methyl/N-ethyl adjacent to an activating group) is 1. The van der Waals surface area contributed by atoms with E-state index in [4.69, 9.17) is 20.4 Å². The standard InChI is InChI=1S/C31H43N9O2S/c1-3-21-20-23(4-5-25(21)40-12-7-24(8-13-40)39-16-14-38(2)15-17-39)35-31-28(29(32)41)36-27(26-6-11-33-43-26)30(37-31)34-22-9-18-42-19-10-22/h4-6,11,20,22,24H,3,7-10,12-19H2,1-2H3,(H2,32,41)(H2,34,35,37). The molecule has 0 aliphatic carbocycles. The van der Waals surface area contributed by atoms with Crippen molar-refractivity contribution in [1.29, 1.82) is 0 Å². The Morgan fingerprint density at radius 3 is 2.47 bits per heavy atom. The second kappa shape index (κ2) is 13.5. The maximum absolute atomic E-state index is 12.6. The highest BCUT2D eigenvalue weighted by molar-refractivity contribution is 7.09. The zero-order valence-electron chi connectivity index (χ0n) is 25.2. The van der Waals surface area contributed by atoms with Crippen LogP contribution in [-0.4, -0.2) is 102 Å². The van der Waals surface area contributed by atoms with E-state index >= 15 is 0 Å². The molecule has 1 aromatic carbocycles. The van der Waals surface area contributed by atoms with Crippen LogP contribution in [0.4, 0.5) is 23.0 Å². The molecule has 0 atom stereocenters. The van der Waals surface area contributed by atoms with Gasteiger partial charge in [-0.05, 0) is 80.5 Å². The molecule has 230 valence electrons. The summed E-state index contributed by atoms with van der Waals surface area (Å²) in [5, 5.41) is 6.94. The van der Waals surface area contributed by atoms with Gasteiger partial charge in [0.25, 0.3) is 5.91 Å². The van der Waals surface area contributed by atoms with Crippen LogP contribution in [0.2, 0.25) is 0 Å². The molecule has 12 heteroatoms. The van der Waals surface area contributed by atoms with Crippen LogP contribution in [0.3, 0.4) is 0 Å². The van der Waals surface area contributed by atoms with Gasteiger partial charge in [0.15, 0.2) is 17.3 Å². The summed E-state index contributed by atoms with van der Waals surface area (Å²) in [5.41, 5.74) is 9.92. The Morgan fingerprint density at radius 1 is 1.02 bits per heavy atom. The van der Waals surface area contributed by atoms with Crippen LogP contribution in [0.5, 0.6) is 0 Å². The number of amides is 1. The number of nitrogens with two attached hydrogens (primary N) is 1. The fraction of sp³-hybridized carbons (Fsp3) is 0.548. The first kappa shape index (κ1) is 29.7. The number of hydrogen-bond acceptors (Lipinski definition) is 11. The van der Waals surface area contributed by atoms with E-state index in [1.807, 2.05) is 6.07 Å². The minimum Gasteiger partial charge on any atom is -0.381 e. The highest BCUT2D eigenvalue weighted by Gasteiger charge is 2.28. The van der Waals surface area contributed by atoms with E-state index in [1.165, 1.54) is 48.7 Å². The third kappa shape index (κ3) is 6.93. The third-order valence-electron chi connectivity index (χ3n) is 8.95. The second-order valence-electron chi connectivity index (χ2n) is 11.8. The molecular formula is C31H43N9O2S. The van der Waals surface area contributed by atoms with Crippen molar-refractivity contribution in [1.82, 2.24) is 24.1 Å². The van der Waals surface area contributed by atoms with Crippen molar-refractivity contribution in [3.05, 3.63) is 41.7 Å². The third-order valence-corrected chi connectivity index (χ3v) is 9.70. The van der Waals surface area contributed by atoms with E-state index in [0.29, 0.717) is 36.6 Å². The Bertz CT molecular complexity index is 1380. The van der Waals surface area contributed by atoms with Gasteiger partial charge >= 0.3 is 0 Å². The zero-order valence-corrected chi connectivity index (χ0v) is 26.0. The number of nitrogens with one attached hydrogen (secondary N) is 2. The highest BCUT2D eigenvalue weighted by atomic mass is 32.1. The Labute approximate surface area is 258 Å². The molecule has 3 aliphatic rings. The van der Waals surface area contributed by atoms with Crippen molar-refractivity contribution >= 4 is 40.5 Å². The molecule has 11 nitrogen and oxygen atoms in total. The predicted molar refractivity (Wildman–Crippen MR) is 173 cm³/mol. The van der Waals surface area contributed by atoms with Crippen molar-refractivity contribution in [3.63, 3.8) is 0 Å². The summed E-state index contributed by atoms with van der Waals surface area (Å²) in [6.07, 6.45) is 6.76. The maximum Gasteiger partial charge on any atom is 0.271 e. The minimum atomic E-state index is -0.631. The van der Waals surface area contributed by atoms with Crippen LogP contribution < -0.4 is 21.3 Å². The van der Waals surface area contributed by atoms with Gasteiger partial charge in [-0.2, -0.15) is 0 Å². The van der Waals surface area contributed by atoms with Crippen LogP contribution in [0.1, 0.15) is 48.7 Å². The number of ether oxygens (including phenoxy) is 1. The van der Waals surface area contributed by atoms with E-state index < -0.39 is 5.91 Å². The van der Waals surface area contributed by atoms with Gasteiger partial charge in [-0.15, -0.1) is 0 Å². The quantitative estimate of drug-likeness (QED) is 0.332. The second-order valence-corrected chi connectivity index (χ2v) is 12.6. The van der Waals surface area contributed by atoms with Gasteiger partial charge in [0.2, 0.25) is 0 Å². The lowest BCUT2D eigenvalue weighted by molar-refractivity contribution is 0.0904. The van der Waals surface area contributed by atoms with Crippen LogP contribution in [0.15, 0.2) is 30.5 Å². The molecule has 0 saturated carbocycles. The van der Waals surface area contributed by atoms with Gasteiger partial charge in [-0.3, -0.25) is 9.69 Å². The predicted octanol–water partition coefficient (Wildman–Crippen LogP) is 3.81. The van der Waals surface area contributed by atoms with E-state index in [0.717, 1.165) is 56.0 Å². The SMILES string of the molecule is CCc1cc(Nc2nc(NC3CCOCC3)c(-c3ccns3)nc2C(N)=O)ccc1N1CCC(N2CCN(C)CC2)CC1. The summed E-state index contributed by atoms with van der Waals surface area (Å²) in [6.45, 7) is 10.4. The first-order valence-electron chi connectivity index (χ1n) is 15.5. The largest absolute Gasteiger partial charge is 0.381 e. The van der Waals surface area contributed by atoms with Crippen molar-refractivity contribution in [2.75, 3.05) is 75.1 Å². The molecule has 0 bridgehead atoms. The summed E-state index contributed by atoms with van der Waals surface area (Å²) < 4.78 is 9.77. The number of primary amides is 1. The summed E-state index contributed by atoms with van der Waals surface area (Å²) in [4.78, 5) is 30.7. The molecule has 0 unspecified atom stereocenters. The minimum absolute atomic E-state index is 0.106. The molecule has 4 N–H and O–H groups in total. The Balaban J connectivity index is 1.22. The van der Waals surface area contributed by atoms with Gasteiger partial charge < -0.3 is 30.9 Å². The fourth-order valence-electron chi connectivity index (χ4n) is 6.39. The first-order valence-corrected chi connectivity index (χ1v) is 16.3. The average molecular weight is 606 g/mol. The highest BCUT2D eigenvalue weighted by Crippen LogP contribution is 2.34. The summed E-state index contributed by atoms with van der Waals surface area (Å²) >= 11 is 1.31. The smallest absolute Gasteiger partial charge is 0.271 e. The zero-order chi connectivity index (χ0) is 29.8. The van der Waals surface area contributed by atoms with Crippen molar-refractivity contribution in [3.8, 4) is 10.6 Å². The number of piperidine rings is 1. The van der Waals surface area contributed by atoms with Crippen LogP contribution >= 0.6 is 11.5 Å². The Hall–Kier alpha value is -3.32. The van der Waals surface area contributed by atoms with Gasteiger partial charge in [-0.1, -0.05) is 6.92 Å². The lowest BCUT2D eigenvalue weighted by Crippen LogP contribution is -2.52. The molecule has 3 saturated heterocycles. The Kier molecular flexibility index (Phi) is 9.37. The topological polar surface area (TPSA) is 125 Å². The molecule has 6 rings (SSSR count). The molecule has 43 heavy (non-hydrogen) atoms. The van der Waals surface area contributed by atoms with E-state index in [-0.39, 0.29) is 11.7 Å². The molecule has 2 aromatic heterocycles. The molecule has 3 fully saturated rings. The number of carbonyl (C=O) groups excluding carboxylic acids is 1. The van der Waals surface area contributed by atoms with Crippen molar-refractivity contribution < 1.29 is 9.53 Å². The lowest BCUT2D eigenvalue weighted by Gasteiger charge is -2.43. The van der Waals surface area contributed by atoms with Gasteiger partial charge in [0.05, 0.1) is 4.88 Å². The lowest BCUT2D eigenvalue weighted by atomic mass is 10.00. The molecule has 5 heterocycles. The number of piperazine rings is 1. The van der Waals surface area contributed by atoms with E-state index in [1.54, 1.807) is 6.20 Å². The van der Waals surface area contributed by atoms with Crippen LogP contribution in [-0.2, 0) is 11.2 Å². The summed E-state index contributed by atoms with van der Waals surface area (Å²) in [6, 6.07) is 9.18. The van der Waals surface area contributed by atoms with Crippen LogP contribution in [0.25, 0.3) is 10.6 Å². The maximum atomic E-state index is 12.6. The normalized spacial score (nSPS) is 19.4. The molecule has 0 spiro atoms. The number of anilines is 4.